The summed E-state index contributed by atoms with van der Waals surface area (Å²) in [5.41, 5.74) is 0. The molecule has 5 heteroatoms. The van der Waals surface area contributed by atoms with E-state index in [1.165, 1.54) is 0 Å². The Morgan fingerprint density at radius 2 is 0.800 bits per heavy atom. The molecule has 0 saturated carbocycles. The van der Waals surface area contributed by atoms with Gasteiger partial charge in [0.05, 0.1) is 0 Å². The maximum Gasteiger partial charge on any atom is 4.00 e. The van der Waals surface area contributed by atoms with Gasteiger partial charge in [-0.05, 0) is 0 Å². The van der Waals surface area contributed by atoms with Gasteiger partial charge in [-0.25, -0.2) is 0 Å². The van der Waals surface area contributed by atoms with Crippen molar-refractivity contribution in [3.63, 3.8) is 0 Å². The normalized spacial score (nSPS) is 0. The maximum atomic E-state index is 0. The van der Waals surface area contributed by atoms with Crippen molar-refractivity contribution in [2.24, 2.45) is 0 Å². The van der Waals surface area contributed by atoms with Gasteiger partial charge in [0.25, 0.3) is 0 Å². The summed E-state index contributed by atoms with van der Waals surface area (Å²) in [6, 6.07) is 0. The van der Waals surface area contributed by atoms with Crippen molar-refractivity contribution in [1.82, 2.24) is 0 Å². The Morgan fingerprint density at radius 3 is 0.800 bits per heavy atom. The van der Waals surface area contributed by atoms with Gasteiger partial charge in [-0.3, -0.25) is 0 Å². The summed E-state index contributed by atoms with van der Waals surface area (Å²) in [6.07, 6.45) is 0. The summed E-state index contributed by atoms with van der Waals surface area (Å²) < 4.78 is 0. The fourth-order valence-corrected chi connectivity index (χ4v) is 0. The average Bonchev–Trinajstić information content (AvgIpc) is 0. The molecule has 0 atom stereocenters. The van der Waals surface area contributed by atoms with Crippen molar-refractivity contribution in [2.45, 2.75) is 0 Å². The standard InChI is InChI=1S/Al.Mg.2O.Zr/q+3;+2;2*-2;+4. The van der Waals surface area contributed by atoms with E-state index in [2.05, 4.69) is 0 Å². The minimum Gasteiger partial charge on any atom is -2.00 e. The van der Waals surface area contributed by atoms with Crippen LogP contribution < -0.4 is 0 Å². The van der Waals surface area contributed by atoms with Crippen LogP contribution in [0.3, 0.4) is 0 Å². The largest absolute Gasteiger partial charge is 4.00 e. The third kappa shape index (κ3) is 23.2. The van der Waals surface area contributed by atoms with Crippen LogP contribution in [-0.2, 0) is 37.2 Å². The second-order valence-corrected chi connectivity index (χ2v) is 0. The summed E-state index contributed by atoms with van der Waals surface area (Å²) in [5.74, 6) is 0. The van der Waals surface area contributed by atoms with Crippen LogP contribution in [0.5, 0.6) is 0 Å². The molecule has 0 aromatic rings. The maximum absolute atomic E-state index is 0. The number of hydrogen-bond acceptors (Lipinski definition) is 0. The van der Waals surface area contributed by atoms with Crippen molar-refractivity contribution >= 4 is 40.4 Å². The van der Waals surface area contributed by atoms with Crippen LogP contribution in [0.25, 0.3) is 0 Å². The molecule has 5 heavy (non-hydrogen) atoms. The molecule has 0 saturated heterocycles. The third-order valence-electron chi connectivity index (χ3n) is 0. The molecule has 0 aliphatic heterocycles. The molecular formula is AlMgO2Zr+5. The molecule has 0 radical (unpaired) electrons. The number of rotatable bonds is 0. The van der Waals surface area contributed by atoms with Gasteiger partial charge in [-0.1, -0.05) is 0 Å². The molecule has 0 fully saturated rings. The minimum absolute atomic E-state index is 0. The van der Waals surface area contributed by atoms with Gasteiger partial charge in [-0.15, -0.1) is 0 Å². The first kappa shape index (κ1) is 59.9. The number of hydrogen-bond donors (Lipinski definition) is 0. The Bertz CT molecular complexity index is 9.61. The van der Waals surface area contributed by atoms with Crippen molar-refractivity contribution in [3.8, 4) is 0 Å². The molecular weight excluding hydrogens is 175 g/mol. The molecule has 0 aromatic heterocycles. The molecule has 0 rings (SSSR count). The SMILES string of the molecule is [Al+3].[Mg+2].[O-2].[O-2].[Zr+4]. The van der Waals surface area contributed by atoms with E-state index in [0.29, 0.717) is 0 Å². The van der Waals surface area contributed by atoms with Crippen molar-refractivity contribution in [2.75, 3.05) is 0 Å². The summed E-state index contributed by atoms with van der Waals surface area (Å²) in [6.45, 7) is 0. The van der Waals surface area contributed by atoms with Gasteiger partial charge in [0.1, 0.15) is 0 Å². The molecule has 2 nitrogen and oxygen atoms in total. The van der Waals surface area contributed by atoms with Gasteiger partial charge in [0.15, 0.2) is 0 Å². The fraction of sp³-hybridized carbons (Fsp3) is 0. The topological polar surface area (TPSA) is 57.0 Å². The Balaban J connectivity index is 0. The smallest absolute Gasteiger partial charge is 2.00 e. The van der Waals surface area contributed by atoms with Crippen molar-refractivity contribution < 1.29 is 37.2 Å². The Labute approximate surface area is 76.7 Å². The fourth-order valence-electron chi connectivity index (χ4n) is 0. The van der Waals surface area contributed by atoms with E-state index in [1.54, 1.807) is 0 Å². The van der Waals surface area contributed by atoms with Gasteiger partial charge < -0.3 is 11.0 Å². The van der Waals surface area contributed by atoms with Gasteiger partial charge >= 0.3 is 66.6 Å². The van der Waals surface area contributed by atoms with Crippen LogP contribution in [0.15, 0.2) is 0 Å². The average molecular weight is 175 g/mol. The predicted octanol–water partition coefficient (Wildman–Crippen LogP) is -1.00. The first-order valence-corrected chi connectivity index (χ1v) is 0. The molecule has 0 heterocycles. The zero-order valence-corrected chi connectivity index (χ0v) is 7.63. The summed E-state index contributed by atoms with van der Waals surface area (Å²) >= 11 is 0. The summed E-state index contributed by atoms with van der Waals surface area (Å²) in [7, 11) is 0. The van der Waals surface area contributed by atoms with Gasteiger partial charge in [-0.2, -0.15) is 0 Å². The predicted molar refractivity (Wildman–Crippen MR) is 12.9 cm³/mol. The summed E-state index contributed by atoms with van der Waals surface area (Å²) in [5, 5.41) is 0. The van der Waals surface area contributed by atoms with Crippen LogP contribution in [0.2, 0.25) is 0 Å². The Hall–Kier alpha value is 2.10. The third-order valence-corrected chi connectivity index (χ3v) is 0. The summed E-state index contributed by atoms with van der Waals surface area (Å²) in [4.78, 5) is 0. The van der Waals surface area contributed by atoms with E-state index in [-0.39, 0.29) is 77.6 Å². The van der Waals surface area contributed by atoms with Gasteiger partial charge in [0, 0.05) is 0 Å². The molecule has 0 spiro atoms. The molecule has 0 unspecified atom stereocenters. The second-order valence-electron chi connectivity index (χ2n) is 0. The quantitative estimate of drug-likeness (QED) is 0.423. The van der Waals surface area contributed by atoms with Crippen LogP contribution in [0.4, 0.5) is 0 Å². The zero-order valence-electron chi connectivity index (χ0n) is 2.60. The van der Waals surface area contributed by atoms with E-state index in [1.807, 2.05) is 0 Å². The van der Waals surface area contributed by atoms with Crippen LogP contribution in [0, 0.1) is 0 Å². The minimum atomic E-state index is 0. The molecule has 0 amide bonds. The molecule has 16 valence electrons. The zero-order chi connectivity index (χ0) is 0. The molecule has 0 aromatic carbocycles. The second kappa shape index (κ2) is 36.0. The molecule has 0 aliphatic carbocycles. The Kier molecular flexibility index (Phi) is 430. The van der Waals surface area contributed by atoms with E-state index < -0.39 is 0 Å². The monoisotopic (exact) mass is 173 g/mol. The van der Waals surface area contributed by atoms with E-state index in [0.717, 1.165) is 0 Å². The first-order chi connectivity index (χ1) is 0. The van der Waals surface area contributed by atoms with E-state index in [4.69, 9.17) is 0 Å². The Morgan fingerprint density at radius 1 is 0.800 bits per heavy atom. The van der Waals surface area contributed by atoms with Crippen molar-refractivity contribution in [3.05, 3.63) is 0 Å². The van der Waals surface area contributed by atoms with Crippen LogP contribution >= 0.6 is 0 Å². The first-order valence-electron chi connectivity index (χ1n) is 0. The van der Waals surface area contributed by atoms with E-state index in [9.17, 15) is 0 Å². The molecule has 0 aliphatic rings. The van der Waals surface area contributed by atoms with Crippen LogP contribution in [0.1, 0.15) is 0 Å². The van der Waals surface area contributed by atoms with Crippen molar-refractivity contribution in [1.29, 1.82) is 0 Å². The van der Waals surface area contributed by atoms with Gasteiger partial charge in [0.2, 0.25) is 0 Å². The molecule has 0 N–H and O–H groups in total. The molecule has 0 bridgehead atoms. The van der Waals surface area contributed by atoms with Crippen LogP contribution in [-0.4, -0.2) is 40.4 Å². The van der Waals surface area contributed by atoms with E-state index >= 15 is 0 Å².